The molecule has 0 radical (unpaired) electrons. The lowest BCUT2D eigenvalue weighted by Crippen LogP contribution is -2.47. The molecule has 0 aliphatic carbocycles. The molecule has 0 amide bonds. The number of methoxy groups -OCH3 is 1. The van der Waals surface area contributed by atoms with Gasteiger partial charge in [0, 0.05) is 33.2 Å². The second-order valence-electron chi connectivity index (χ2n) is 6.12. The summed E-state index contributed by atoms with van der Waals surface area (Å²) in [5, 5.41) is 11.3. The molecule has 1 atom stereocenters. The smallest absolute Gasteiger partial charge is 0.191 e. The van der Waals surface area contributed by atoms with Crippen molar-refractivity contribution in [3.8, 4) is 0 Å². The van der Waals surface area contributed by atoms with Crippen molar-refractivity contribution in [3.63, 3.8) is 0 Å². The molecular formula is C15H29IN6O. The van der Waals surface area contributed by atoms with E-state index in [1.54, 1.807) is 7.11 Å². The van der Waals surface area contributed by atoms with Crippen LogP contribution in [0, 0.1) is 5.92 Å². The molecule has 1 aromatic rings. The first kappa shape index (κ1) is 20.1. The van der Waals surface area contributed by atoms with Crippen LogP contribution >= 0.6 is 24.0 Å². The zero-order valence-corrected chi connectivity index (χ0v) is 16.8. The number of rotatable bonds is 6. The van der Waals surface area contributed by atoms with Crippen molar-refractivity contribution in [2.75, 3.05) is 20.7 Å². The Balaban J connectivity index is 0.00000264. The summed E-state index contributed by atoms with van der Waals surface area (Å²) in [6, 6.07) is 0.329. The number of fused-ring (bicyclic) bond motifs is 1. The van der Waals surface area contributed by atoms with Crippen LogP contribution in [-0.4, -0.2) is 47.5 Å². The Bertz CT molecular complexity index is 502. The summed E-state index contributed by atoms with van der Waals surface area (Å²) in [6.45, 7) is 6.68. The minimum Gasteiger partial charge on any atom is -0.377 e. The van der Waals surface area contributed by atoms with Crippen molar-refractivity contribution in [1.29, 1.82) is 0 Å². The lowest BCUT2D eigenvalue weighted by molar-refractivity contribution is 0.177. The fraction of sp³-hybridized carbons (Fsp3) is 0.800. The molecule has 8 heteroatoms. The molecule has 1 unspecified atom stereocenters. The Morgan fingerprint density at radius 1 is 1.48 bits per heavy atom. The zero-order chi connectivity index (χ0) is 15.9. The Hall–Kier alpha value is -0.900. The van der Waals surface area contributed by atoms with E-state index in [1.165, 1.54) is 0 Å². The van der Waals surface area contributed by atoms with E-state index in [2.05, 4.69) is 39.6 Å². The molecule has 0 saturated carbocycles. The summed E-state index contributed by atoms with van der Waals surface area (Å²) in [7, 11) is 3.47. The predicted molar refractivity (Wildman–Crippen MR) is 102 cm³/mol. The van der Waals surface area contributed by atoms with Gasteiger partial charge in [-0.3, -0.25) is 4.99 Å². The minimum absolute atomic E-state index is 0. The molecule has 2 heterocycles. The molecule has 1 aromatic heterocycles. The second-order valence-corrected chi connectivity index (χ2v) is 6.12. The highest BCUT2D eigenvalue weighted by molar-refractivity contribution is 14.0. The normalized spacial score (nSPS) is 17.6. The standard InChI is InChI=1S/C15H28N6O.HI/c1-11(2)7-8-17-15(16-3)18-12-5-6-14-19-13(10-22-4)20-21(14)9-12;/h11-12H,5-10H2,1-4H3,(H2,16,17,18);1H. The summed E-state index contributed by atoms with van der Waals surface area (Å²) >= 11 is 0. The predicted octanol–water partition coefficient (Wildman–Crippen LogP) is 1.57. The quantitative estimate of drug-likeness (QED) is 0.402. The van der Waals surface area contributed by atoms with Gasteiger partial charge >= 0.3 is 0 Å². The number of aryl methyl sites for hydroxylation is 1. The topological polar surface area (TPSA) is 76.4 Å². The molecule has 0 aromatic carbocycles. The Morgan fingerprint density at radius 2 is 2.26 bits per heavy atom. The van der Waals surface area contributed by atoms with E-state index in [1.807, 2.05) is 11.7 Å². The monoisotopic (exact) mass is 436 g/mol. The molecular weight excluding hydrogens is 407 g/mol. The second kappa shape index (κ2) is 10.1. The number of aliphatic imine (C=N–C) groups is 1. The van der Waals surface area contributed by atoms with Crippen molar-refractivity contribution in [2.45, 2.75) is 52.3 Å². The first-order valence-electron chi connectivity index (χ1n) is 8.01. The molecule has 1 aliphatic rings. The summed E-state index contributed by atoms with van der Waals surface area (Å²) in [6.07, 6.45) is 3.10. The molecule has 0 fully saturated rings. The van der Waals surface area contributed by atoms with Gasteiger partial charge in [-0.2, -0.15) is 5.10 Å². The van der Waals surface area contributed by atoms with E-state index in [0.29, 0.717) is 18.6 Å². The van der Waals surface area contributed by atoms with Gasteiger partial charge in [0.05, 0.1) is 6.54 Å². The van der Waals surface area contributed by atoms with Gasteiger partial charge in [0.2, 0.25) is 0 Å². The molecule has 23 heavy (non-hydrogen) atoms. The summed E-state index contributed by atoms with van der Waals surface area (Å²) in [5.74, 6) is 3.37. The number of ether oxygens (including phenoxy) is 1. The highest BCUT2D eigenvalue weighted by Crippen LogP contribution is 2.13. The largest absolute Gasteiger partial charge is 0.377 e. The maximum Gasteiger partial charge on any atom is 0.191 e. The van der Waals surface area contributed by atoms with E-state index in [-0.39, 0.29) is 24.0 Å². The number of guanidine groups is 1. The van der Waals surface area contributed by atoms with Crippen LogP contribution in [0.25, 0.3) is 0 Å². The molecule has 7 nitrogen and oxygen atoms in total. The van der Waals surface area contributed by atoms with Crippen LogP contribution in [0.15, 0.2) is 4.99 Å². The third kappa shape index (κ3) is 6.25. The van der Waals surface area contributed by atoms with Crippen LogP contribution in [-0.2, 0) is 24.3 Å². The lowest BCUT2D eigenvalue weighted by atomic mass is 10.1. The Kier molecular flexibility index (Phi) is 8.82. The summed E-state index contributed by atoms with van der Waals surface area (Å²) in [5.41, 5.74) is 0. The van der Waals surface area contributed by atoms with Crippen molar-refractivity contribution >= 4 is 29.9 Å². The molecule has 2 N–H and O–H groups in total. The van der Waals surface area contributed by atoms with Crippen LogP contribution in [0.2, 0.25) is 0 Å². The number of aromatic nitrogens is 3. The van der Waals surface area contributed by atoms with Gasteiger partial charge in [-0.1, -0.05) is 13.8 Å². The fourth-order valence-electron chi connectivity index (χ4n) is 2.54. The van der Waals surface area contributed by atoms with E-state index in [0.717, 1.165) is 50.0 Å². The van der Waals surface area contributed by atoms with E-state index >= 15 is 0 Å². The van der Waals surface area contributed by atoms with Gasteiger partial charge in [-0.25, -0.2) is 9.67 Å². The number of hydrogen-bond acceptors (Lipinski definition) is 4. The van der Waals surface area contributed by atoms with Crippen LogP contribution in [0.1, 0.15) is 38.3 Å². The molecule has 0 spiro atoms. The number of hydrogen-bond donors (Lipinski definition) is 2. The first-order chi connectivity index (χ1) is 10.6. The highest BCUT2D eigenvalue weighted by atomic mass is 127. The third-order valence-corrected chi connectivity index (χ3v) is 3.75. The lowest BCUT2D eigenvalue weighted by Gasteiger charge is -2.25. The maximum absolute atomic E-state index is 5.09. The van der Waals surface area contributed by atoms with E-state index < -0.39 is 0 Å². The van der Waals surface area contributed by atoms with Gasteiger partial charge in [-0.05, 0) is 18.8 Å². The fourth-order valence-corrected chi connectivity index (χ4v) is 2.54. The van der Waals surface area contributed by atoms with Gasteiger partial charge in [-0.15, -0.1) is 24.0 Å². The first-order valence-corrected chi connectivity index (χ1v) is 8.01. The molecule has 132 valence electrons. The third-order valence-electron chi connectivity index (χ3n) is 3.75. The van der Waals surface area contributed by atoms with Crippen LogP contribution < -0.4 is 10.6 Å². The van der Waals surface area contributed by atoms with Crippen LogP contribution in [0.5, 0.6) is 0 Å². The summed E-state index contributed by atoms with van der Waals surface area (Å²) < 4.78 is 7.08. The average molecular weight is 436 g/mol. The van der Waals surface area contributed by atoms with Crippen molar-refractivity contribution in [3.05, 3.63) is 11.6 Å². The van der Waals surface area contributed by atoms with E-state index in [4.69, 9.17) is 4.74 Å². The SMILES string of the molecule is CN=C(NCCC(C)C)NC1CCc2nc(COC)nn2C1.I. The summed E-state index contributed by atoms with van der Waals surface area (Å²) in [4.78, 5) is 8.80. The Labute approximate surface area is 155 Å². The Morgan fingerprint density at radius 3 is 2.91 bits per heavy atom. The molecule has 0 bridgehead atoms. The highest BCUT2D eigenvalue weighted by Gasteiger charge is 2.22. The maximum atomic E-state index is 5.09. The average Bonchev–Trinajstić information content (AvgIpc) is 2.87. The number of nitrogens with zero attached hydrogens (tertiary/aromatic N) is 4. The van der Waals surface area contributed by atoms with E-state index in [9.17, 15) is 0 Å². The molecule has 0 saturated heterocycles. The van der Waals surface area contributed by atoms with Crippen LogP contribution in [0.4, 0.5) is 0 Å². The van der Waals surface area contributed by atoms with Gasteiger partial charge in [0.25, 0.3) is 0 Å². The van der Waals surface area contributed by atoms with Gasteiger partial charge in [0.15, 0.2) is 11.8 Å². The van der Waals surface area contributed by atoms with Gasteiger partial charge in [0.1, 0.15) is 12.4 Å². The van der Waals surface area contributed by atoms with Crippen molar-refractivity contribution in [2.24, 2.45) is 10.9 Å². The number of nitrogens with one attached hydrogen (secondary N) is 2. The zero-order valence-electron chi connectivity index (χ0n) is 14.5. The minimum atomic E-state index is 0. The van der Waals surface area contributed by atoms with Gasteiger partial charge < -0.3 is 15.4 Å². The molecule has 2 rings (SSSR count). The van der Waals surface area contributed by atoms with Crippen molar-refractivity contribution in [1.82, 2.24) is 25.4 Å². The number of halogens is 1. The molecule has 1 aliphatic heterocycles. The van der Waals surface area contributed by atoms with Crippen LogP contribution in [0.3, 0.4) is 0 Å². The van der Waals surface area contributed by atoms with Crippen molar-refractivity contribution < 1.29 is 4.74 Å².